The van der Waals surface area contributed by atoms with Crippen LogP contribution in [0, 0.1) is 10.1 Å². The first-order valence-corrected chi connectivity index (χ1v) is 6.14. The van der Waals surface area contributed by atoms with Gasteiger partial charge in [-0.05, 0) is 6.07 Å². The van der Waals surface area contributed by atoms with Crippen molar-refractivity contribution in [2.24, 2.45) is 0 Å². The highest BCUT2D eigenvalue weighted by Gasteiger charge is 2.42. The van der Waals surface area contributed by atoms with E-state index in [0.717, 1.165) is 0 Å². The Bertz CT molecular complexity index is 510. The van der Waals surface area contributed by atoms with Crippen molar-refractivity contribution in [3.8, 4) is 5.75 Å². The van der Waals surface area contributed by atoms with Gasteiger partial charge in [0.25, 0.3) is 0 Å². The van der Waals surface area contributed by atoms with Gasteiger partial charge >= 0.3 is 5.69 Å². The summed E-state index contributed by atoms with van der Waals surface area (Å²) in [5, 5.41) is 51.1. The molecule has 0 spiro atoms. The highest BCUT2D eigenvalue weighted by atomic mass is 16.7. The summed E-state index contributed by atoms with van der Waals surface area (Å²) in [5.74, 6) is -0.217. The molecule has 5 atom stereocenters. The molecule has 3 N–H and O–H groups in total. The van der Waals surface area contributed by atoms with Crippen LogP contribution in [-0.4, -0.2) is 57.6 Å². The van der Waals surface area contributed by atoms with Gasteiger partial charge in [0.15, 0.2) is 5.75 Å². The van der Waals surface area contributed by atoms with Gasteiger partial charge < -0.3 is 29.9 Å². The average molecular weight is 300 g/mol. The SMILES string of the molecule is O=[N+]([O-])c1ccccc1O[C@@H]1[C@@H](O)[C@@H](O)[C@@H](CO)O[C@H]1[O-]. The van der Waals surface area contributed by atoms with Gasteiger partial charge in [-0.25, -0.2) is 0 Å². The Hall–Kier alpha value is -1.78. The zero-order chi connectivity index (χ0) is 15.6. The topological polar surface area (TPSA) is 145 Å². The maximum atomic E-state index is 11.8. The molecular weight excluding hydrogens is 286 g/mol. The molecule has 1 fully saturated rings. The predicted molar refractivity (Wildman–Crippen MR) is 65.3 cm³/mol. The molecule has 1 aliphatic rings. The van der Waals surface area contributed by atoms with Gasteiger partial charge in [-0.15, -0.1) is 0 Å². The van der Waals surface area contributed by atoms with Crippen molar-refractivity contribution in [3.63, 3.8) is 0 Å². The molecule has 0 aliphatic carbocycles. The molecular formula is C12H14NO8-. The summed E-state index contributed by atoms with van der Waals surface area (Å²) >= 11 is 0. The molecule has 1 aromatic carbocycles. The Kier molecular flexibility index (Phi) is 4.70. The van der Waals surface area contributed by atoms with Crippen LogP contribution < -0.4 is 9.84 Å². The van der Waals surface area contributed by atoms with Crippen LogP contribution in [0.3, 0.4) is 0 Å². The van der Waals surface area contributed by atoms with E-state index in [2.05, 4.69) is 0 Å². The van der Waals surface area contributed by atoms with E-state index in [1.807, 2.05) is 0 Å². The van der Waals surface area contributed by atoms with Crippen molar-refractivity contribution < 1.29 is 34.8 Å². The first-order chi connectivity index (χ1) is 9.95. The Balaban J connectivity index is 2.21. The fourth-order valence-corrected chi connectivity index (χ4v) is 2.04. The van der Waals surface area contributed by atoms with Crippen LogP contribution in [0.4, 0.5) is 5.69 Å². The van der Waals surface area contributed by atoms with Gasteiger partial charge in [-0.1, -0.05) is 12.1 Å². The van der Waals surface area contributed by atoms with Crippen molar-refractivity contribution in [2.75, 3.05) is 6.61 Å². The van der Waals surface area contributed by atoms with E-state index in [-0.39, 0.29) is 11.4 Å². The summed E-state index contributed by atoms with van der Waals surface area (Å²) in [6.45, 7) is -0.644. The van der Waals surface area contributed by atoms with Gasteiger partial charge in [0.1, 0.15) is 24.4 Å². The Labute approximate surface area is 119 Å². The molecule has 0 saturated carbocycles. The normalized spacial score (nSPS) is 32.7. The molecule has 1 aliphatic heterocycles. The monoisotopic (exact) mass is 300 g/mol. The number of aliphatic hydroxyl groups is 3. The first-order valence-electron chi connectivity index (χ1n) is 6.14. The molecule has 116 valence electrons. The standard InChI is InChI=1S/C12H14NO8/c14-5-8-9(15)10(16)11(12(17)21-8)20-7-4-2-1-3-6(7)13(18)19/h1-4,8-12,14-16H,5H2/q-1/t8-,9+,10+,11-,12-/m1/s1. The van der Waals surface area contributed by atoms with Crippen molar-refractivity contribution in [2.45, 2.75) is 30.7 Å². The second-order valence-electron chi connectivity index (χ2n) is 4.51. The zero-order valence-electron chi connectivity index (χ0n) is 10.7. The van der Waals surface area contributed by atoms with Crippen LogP contribution in [0.25, 0.3) is 0 Å². The molecule has 1 heterocycles. The number of rotatable bonds is 4. The Morgan fingerprint density at radius 3 is 2.57 bits per heavy atom. The Morgan fingerprint density at radius 2 is 1.95 bits per heavy atom. The number of hydrogen-bond acceptors (Lipinski definition) is 8. The van der Waals surface area contributed by atoms with Crippen LogP contribution >= 0.6 is 0 Å². The van der Waals surface area contributed by atoms with E-state index in [9.17, 15) is 25.4 Å². The minimum Gasteiger partial charge on any atom is -0.828 e. The lowest BCUT2D eigenvalue weighted by molar-refractivity contribution is -0.530. The van der Waals surface area contributed by atoms with E-state index in [1.165, 1.54) is 24.3 Å². The number of nitrogens with zero attached hydrogens (tertiary/aromatic N) is 1. The first kappa shape index (κ1) is 15.6. The predicted octanol–water partition coefficient (Wildman–Crippen LogP) is -1.86. The molecule has 1 aromatic rings. The molecule has 1 saturated heterocycles. The molecule has 0 amide bonds. The number of benzene rings is 1. The van der Waals surface area contributed by atoms with Crippen molar-refractivity contribution in [3.05, 3.63) is 34.4 Å². The van der Waals surface area contributed by atoms with E-state index in [4.69, 9.17) is 14.6 Å². The molecule has 9 nitrogen and oxygen atoms in total. The largest absolute Gasteiger partial charge is 0.828 e. The zero-order valence-corrected chi connectivity index (χ0v) is 10.7. The molecule has 0 radical (unpaired) electrons. The van der Waals surface area contributed by atoms with Gasteiger partial charge in [0.2, 0.25) is 0 Å². The lowest BCUT2D eigenvalue weighted by Crippen LogP contribution is -2.64. The molecule has 2 rings (SSSR count). The fraction of sp³-hybridized carbons (Fsp3) is 0.500. The molecule has 0 bridgehead atoms. The van der Waals surface area contributed by atoms with Crippen LogP contribution in [0.2, 0.25) is 0 Å². The number of aliphatic hydroxyl groups excluding tert-OH is 3. The number of nitro groups is 1. The number of hydrogen-bond donors (Lipinski definition) is 3. The maximum absolute atomic E-state index is 11.8. The number of nitro benzene ring substituents is 1. The van der Waals surface area contributed by atoms with E-state index >= 15 is 0 Å². The molecule has 0 aromatic heterocycles. The number of ether oxygens (including phenoxy) is 2. The van der Waals surface area contributed by atoms with Gasteiger partial charge in [-0.3, -0.25) is 10.1 Å². The molecule has 0 unspecified atom stereocenters. The van der Waals surface area contributed by atoms with Gasteiger partial charge in [0, 0.05) is 12.4 Å². The quantitative estimate of drug-likeness (QED) is 0.433. The van der Waals surface area contributed by atoms with Crippen LogP contribution in [0.5, 0.6) is 5.75 Å². The third-order valence-electron chi connectivity index (χ3n) is 3.15. The Morgan fingerprint density at radius 1 is 1.29 bits per heavy atom. The summed E-state index contributed by atoms with van der Waals surface area (Å²) in [6.07, 6.45) is -7.84. The summed E-state index contributed by atoms with van der Waals surface area (Å²) < 4.78 is 9.96. The van der Waals surface area contributed by atoms with Gasteiger partial charge in [-0.2, -0.15) is 0 Å². The molecule has 9 heteroatoms. The van der Waals surface area contributed by atoms with Crippen LogP contribution in [-0.2, 0) is 4.74 Å². The van der Waals surface area contributed by atoms with Crippen molar-refractivity contribution >= 4 is 5.69 Å². The fourth-order valence-electron chi connectivity index (χ4n) is 2.04. The lowest BCUT2D eigenvalue weighted by Gasteiger charge is -2.45. The minimum absolute atomic E-state index is 0.217. The second kappa shape index (κ2) is 6.33. The summed E-state index contributed by atoms with van der Waals surface area (Å²) in [4.78, 5) is 10.2. The maximum Gasteiger partial charge on any atom is 0.310 e. The highest BCUT2D eigenvalue weighted by Crippen LogP contribution is 2.30. The summed E-state index contributed by atoms with van der Waals surface area (Å²) in [6, 6.07) is 5.33. The van der Waals surface area contributed by atoms with E-state index in [0.29, 0.717) is 0 Å². The third kappa shape index (κ3) is 3.12. The van der Waals surface area contributed by atoms with Crippen molar-refractivity contribution in [1.29, 1.82) is 0 Å². The lowest BCUT2D eigenvalue weighted by atomic mass is 9.99. The average Bonchev–Trinajstić information content (AvgIpc) is 2.47. The van der Waals surface area contributed by atoms with Crippen LogP contribution in [0.15, 0.2) is 24.3 Å². The second-order valence-corrected chi connectivity index (χ2v) is 4.51. The summed E-state index contributed by atoms with van der Waals surface area (Å²) in [7, 11) is 0. The van der Waals surface area contributed by atoms with Crippen molar-refractivity contribution in [1.82, 2.24) is 0 Å². The van der Waals surface area contributed by atoms with Crippen LogP contribution in [0.1, 0.15) is 0 Å². The third-order valence-corrected chi connectivity index (χ3v) is 3.15. The highest BCUT2D eigenvalue weighted by molar-refractivity contribution is 5.45. The van der Waals surface area contributed by atoms with E-state index < -0.39 is 42.2 Å². The minimum atomic E-state index is -1.90. The van der Waals surface area contributed by atoms with Gasteiger partial charge in [0.05, 0.1) is 11.5 Å². The number of para-hydroxylation sites is 2. The summed E-state index contributed by atoms with van der Waals surface area (Å²) in [5.41, 5.74) is -0.379. The van der Waals surface area contributed by atoms with E-state index in [1.54, 1.807) is 0 Å². The molecule has 21 heavy (non-hydrogen) atoms. The smallest absolute Gasteiger partial charge is 0.310 e.